The maximum atomic E-state index is 12.6. The number of carbonyl (C=O) groups excluding carboxylic acids is 1. The van der Waals surface area contributed by atoms with Gasteiger partial charge in [0.1, 0.15) is 5.58 Å². The average Bonchev–Trinajstić information content (AvgIpc) is 3.27. The Balaban J connectivity index is 1.60. The first-order valence-electron chi connectivity index (χ1n) is 8.98. The zero-order valence-corrected chi connectivity index (χ0v) is 14.7. The number of fused-ring (bicyclic) bond motifs is 3. The number of amides is 1. The number of aromatic nitrogens is 1. The first-order valence-corrected chi connectivity index (χ1v) is 8.98. The van der Waals surface area contributed by atoms with E-state index in [4.69, 9.17) is 4.42 Å². The summed E-state index contributed by atoms with van der Waals surface area (Å²) in [6.45, 7) is 6.94. The normalized spacial score (nSPS) is 18.2. The van der Waals surface area contributed by atoms with E-state index in [-0.39, 0.29) is 5.91 Å². The molecule has 1 saturated heterocycles. The molecule has 1 fully saturated rings. The lowest BCUT2D eigenvalue weighted by Gasteiger charge is -2.22. The van der Waals surface area contributed by atoms with Crippen molar-refractivity contribution in [3.8, 4) is 0 Å². The lowest BCUT2D eigenvalue weighted by atomic mass is 10.1. The number of hydrogen-bond donors (Lipinski definition) is 1. The van der Waals surface area contributed by atoms with Crippen molar-refractivity contribution in [2.24, 2.45) is 0 Å². The number of nitrogens with one attached hydrogen (secondary N) is 1. The molecule has 1 aliphatic heterocycles. The van der Waals surface area contributed by atoms with Crippen LogP contribution in [-0.2, 0) is 0 Å². The predicted molar refractivity (Wildman–Crippen MR) is 98.9 cm³/mol. The third-order valence-corrected chi connectivity index (χ3v) is 5.19. The molecule has 0 saturated carbocycles. The number of hydrogen-bond acceptors (Lipinski definition) is 4. The van der Waals surface area contributed by atoms with Gasteiger partial charge in [-0.05, 0) is 51.1 Å². The molecule has 0 aliphatic carbocycles. The third-order valence-electron chi connectivity index (χ3n) is 5.19. The molecule has 1 N–H and O–H groups in total. The van der Waals surface area contributed by atoms with Gasteiger partial charge in [-0.2, -0.15) is 0 Å². The Hall–Kier alpha value is -2.40. The zero-order chi connectivity index (χ0) is 17.4. The molecule has 130 valence electrons. The largest absolute Gasteiger partial charge is 0.450 e. The highest BCUT2D eigenvalue weighted by molar-refractivity contribution is 6.06. The fourth-order valence-corrected chi connectivity index (χ4v) is 3.82. The van der Waals surface area contributed by atoms with Crippen molar-refractivity contribution in [2.75, 3.05) is 19.6 Å². The van der Waals surface area contributed by atoms with E-state index in [1.807, 2.05) is 37.3 Å². The summed E-state index contributed by atoms with van der Waals surface area (Å²) < 4.78 is 5.93. The van der Waals surface area contributed by atoms with Crippen LogP contribution in [0, 0.1) is 6.92 Å². The number of para-hydroxylation sites is 1. The molecule has 5 nitrogen and oxygen atoms in total. The third kappa shape index (κ3) is 2.89. The van der Waals surface area contributed by atoms with E-state index in [0.717, 1.165) is 47.1 Å². The second kappa shape index (κ2) is 6.48. The van der Waals surface area contributed by atoms with Crippen molar-refractivity contribution in [1.29, 1.82) is 0 Å². The van der Waals surface area contributed by atoms with Crippen molar-refractivity contribution in [3.05, 3.63) is 41.8 Å². The van der Waals surface area contributed by atoms with Gasteiger partial charge in [0, 0.05) is 29.1 Å². The molecule has 2 aromatic heterocycles. The zero-order valence-electron chi connectivity index (χ0n) is 14.7. The van der Waals surface area contributed by atoms with E-state index in [2.05, 4.69) is 22.1 Å². The van der Waals surface area contributed by atoms with E-state index in [1.165, 1.54) is 6.42 Å². The molecule has 3 aromatic rings. The molecule has 1 aliphatic rings. The summed E-state index contributed by atoms with van der Waals surface area (Å²) in [5.41, 5.74) is 2.51. The second-order valence-corrected chi connectivity index (χ2v) is 6.70. The van der Waals surface area contributed by atoms with Gasteiger partial charge < -0.3 is 9.73 Å². The Labute approximate surface area is 147 Å². The number of benzene rings is 1. The van der Waals surface area contributed by atoms with Crippen molar-refractivity contribution in [1.82, 2.24) is 15.2 Å². The van der Waals surface area contributed by atoms with Crippen LogP contribution in [0.2, 0.25) is 0 Å². The molecule has 1 atom stereocenters. The fourth-order valence-electron chi connectivity index (χ4n) is 3.82. The minimum absolute atomic E-state index is 0.150. The summed E-state index contributed by atoms with van der Waals surface area (Å²) in [6.07, 6.45) is 2.35. The summed E-state index contributed by atoms with van der Waals surface area (Å²) in [7, 11) is 0. The molecule has 1 amide bonds. The number of nitrogens with zero attached hydrogens (tertiary/aromatic N) is 2. The summed E-state index contributed by atoms with van der Waals surface area (Å²) in [5, 5.41) is 4.88. The highest BCUT2D eigenvalue weighted by atomic mass is 16.3. The van der Waals surface area contributed by atoms with Crippen LogP contribution in [0.3, 0.4) is 0 Å². The van der Waals surface area contributed by atoms with Gasteiger partial charge in [-0.1, -0.05) is 19.1 Å². The van der Waals surface area contributed by atoms with E-state index >= 15 is 0 Å². The monoisotopic (exact) mass is 337 g/mol. The molecule has 0 radical (unpaired) electrons. The van der Waals surface area contributed by atoms with E-state index in [0.29, 0.717) is 18.3 Å². The number of rotatable bonds is 4. The Bertz CT molecular complexity index is 931. The van der Waals surface area contributed by atoms with Gasteiger partial charge in [0.2, 0.25) is 0 Å². The van der Waals surface area contributed by atoms with Crippen molar-refractivity contribution >= 4 is 27.8 Å². The van der Waals surface area contributed by atoms with Crippen LogP contribution >= 0.6 is 0 Å². The van der Waals surface area contributed by atoms with E-state index in [9.17, 15) is 4.79 Å². The molecule has 25 heavy (non-hydrogen) atoms. The van der Waals surface area contributed by atoms with Gasteiger partial charge >= 0.3 is 0 Å². The standard InChI is InChI=1S/C20H23N3O2/c1-3-23-10-6-7-14(23)12-21-20(24)18-11-16-13(2)22-17-9-5-4-8-15(17)19(16)25-18/h4-5,8-9,11,14H,3,6-7,10,12H2,1-2H3,(H,21,24). The summed E-state index contributed by atoms with van der Waals surface area (Å²) in [5.74, 6) is 0.208. The van der Waals surface area contributed by atoms with Crippen LogP contribution < -0.4 is 5.32 Å². The molecular formula is C20H23N3O2. The maximum absolute atomic E-state index is 12.6. The van der Waals surface area contributed by atoms with E-state index < -0.39 is 0 Å². The van der Waals surface area contributed by atoms with Gasteiger partial charge in [0.05, 0.1) is 5.52 Å². The van der Waals surface area contributed by atoms with Crippen molar-refractivity contribution in [2.45, 2.75) is 32.7 Å². The Morgan fingerprint density at radius 1 is 1.36 bits per heavy atom. The highest BCUT2D eigenvalue weighted by Gasteiger charge is 2.24. The van der Waals surface area contributed by atoms with Gasteiger partial charge in [0.25, 0.3) is 5.91 Å². The molecule has 3 heterocycles. The second-order valence-electron chi connectivity index (χ2n) is 6.70. The van der Waals surface area contributed by atoms with Crippen molar-refractivity contribution in [3.63, 3.8) is 0 Å². The molecule has 5 heteroatoms. The van der Waals surface area contributed by atoms with E-state index in [1.54, 1.807) is 0 Å². The number of carbonyl (C=O) groups is 1. The van der Waals surface area contributed by atoms with Crippen LogP contribution in [0.15, 0.2) is 34.7 Å². The van der Waals surface area contributed by atoms with Crippen LogP contribution in [-0.4, -0.2) is 41.5 Å². The van der Waals surface area contributed by atoms with Gasteiger partial charge in [-0.15, -0.1) is 0 Å². The number of likely N-dealkylation sites (N-methyl/N-ethyl adjacent to an activating group) is 1. The van der Waals surface area contributed by atoms with Crippen LogP contribution in [0.5, 0.6) is 0 Å². The summed E-state index contributed by atoms with van der Waals surface area (Å²) >= 11 is 0. The minimum atomic E-state index is -0.150. The molecular weight excluding hydrogens is 314 g/mol. The summed E-state index contributed by atoms with van der Waals surface area (Å²) in [4.78, 5) is 19.6. The van der Waals surface area contributed by atoms with Gasteiger partial charge in [-0.25, -0.2) is 0 Å². The lowest BCUT2D eigenvalue weighted by molar-refractivity contribution is 0.0916. The topological polar surface area (TPSA) is 58.4 Å². The van der Waals surface area contributed by atoms with Gasteiger partial charge in [-0.3, -0.25) is 14.7 Å². The van der Waals surface area contributed by atoms with Gasteiger partial charge in [0.15, 0.2) is 5.76 Å². The average molecular weight is 337 g/mol. The Kier molecular flexibility index (Phi) is 4.17. The first-order chi connectivity index (χ1) is 12.2. The summed E-state index contributed by atoms with van der Waals surface area (Å²) in [6, 6.07) is 10.1. The van der Waals surface area contributed by atoms with Crippen LogP contribution in [0.25, 0.3) is 21.9 Å². The predicted octanol–water partition coefficient (Wildman–Crippen LogP) is 3.50. The number of likely N-dealkylation sites (tertiary alicyclic amines) is 1. The number of pyridine rings is 1. The molecule has 1 unspecified atom stereocenters. The molecule has 1 aromatic carbocycles. The molecule has 0 bridgehead atoms. The Morgan fingerprint density at radius 3 is 3.04 bits per heavy atom. The van der Waals surface area contributed by atoms with Crippen LogP contribution in [0.4, 0.5) is 0 Å². The van der Waals surface area contributed by atoms with Crippen molar-refractivity contribution < 1.29 is 9.21 Å². The number of furan rings is 1. The maximum Gasteiger partial charge on any atom is 0.287 e. The molecule has 4 rings (SSSR count). The number of aryl methyl sites for hydroxylation is 1. The lowest BCUT2D eigenvalue weighted by Crippen LogP contribution is -2.39. The first kappa shape index (κ1) is 16.1. The molecule has 0 spiro atoms. The highest BCUT2D eigenvalue weighted by Crippen LogP contribution is 2.29. The smallest absolute Gasteiger partial charge is 0.287 e. The Morgan fingerprint density at radius 2 is 2.20 bits per heavy atom. The quantitative estimate of drug-likeness (QED) is 0.791. The SMILES string of the molecule is CCN1CCCC1CNC(=O)c1cc2c(C)nc3ccccc3c2o1. The van der Waals surface area contributed by atoms with Crippen LogP contribution in [0.1, 0.15) is 36.0 Å². The minimum Gasteiger partial charge on any atom is -0.450 e. The fraction of sp³-hybridized carbons (Fsp3) is 0.400.